The van der Waals surface area contributed by atoms with Crippen LogP contribution in [0.3, 0.4) is 0 Å². The Labute approximate surface area is 62.4 Å². The van der Waals surface area contributed by atoms with Crippen LogP contribution in [0, 0.1) is 0 Å². The SMILES string of the molecule is CCC1NCCCO1.Cl. The molecule has 1 unspecified atom stereocenters. The van der Waals surface area contributed by atoms with Gasteiger partial charge in [0.25, 0.3) is 0 Å². The van der Waals surface area contributed by atoms with Crippen LogP contribution in [-0.2, 0) is 4.74 Å². The zero-order valence-corrected chi connectivity index (χ0v) is 6.54. The highest BCUT2D eigenvalue weighted by molar-refractivity contribution is 5.85. The van der Waals surface area contributed by atoms with E-state index in [9.17, 15) is 0 Å². The van der Waals surface area contributed by atoms with Crippen molar-refractivity contribution in [2.75, 3.05) is 13.2 Å². The van der Waals surface area contributed by atoms with Crippen molar-refractivity contribution in [3.8, 4) is 0 Å². The fourth-order valence-corrected chi connectivity index (χ4v) is 0.882. The molecule has 1 heterocycles. The summed E-state index contributed by atoms with van der Waals surface area (Å²) in [5.74, 6) is 0. The van der Waals surface area contributed by atoms with Gasteiger partial charge in [-0.3, -0.25) is 5.32 Å². The molecule has 9 heavy (non-hydrogen) atoms. The van der Waals surface area contributed by atoms with E-state index in [2.05, 4.69) is 12.2 Å². The van der Waals surface area contributed by atoms with Crippen molar-refractivity contribution in [1.82, 2.24) is 5.32 Å². The maximum absolute atomic E-state index is 5.32. The Balaban J connectivity index is 0.000000640. The Morgan fingerprint density at radius 3 is 2.78 bits per heavy atom. The number of hydrogen-bond donors (Lipinski definition) is 1. The minimum absolute atomic E-state index is 0. The monoisotopic (exact) mass is 151 g/mol. The molecule has 1 atom stereocenters. The summed E-state index contributed by atoms with van der Waals surface area (Å²) in [6, 6.07) is 0. The lowest BCUT2D eigenvalue weighted by Gasteiger charge is -2.22. The number of hydrogen-bond acceptors (Lipinski definition) is 2. The maximum atomic E-state index is 5.32. The van der Waals surface area contributed by atoms with E-state index in [1.807, 2.05) is 0 Å². The third-order valence-electron chi connectivity index (χ3n) is 1.38. The second-order valence-electron chi connectivity index (χ2n) is 2.08. The Bertz CT molecular complexity index is 64.1. The molecule has 1 N–H and O–H groups in total. The Hall–Kier alpha value is 0.210. The molecule has 1 saturated heterocycles. The highest BCUT2D eigenvalue weighted by Gasteiger charge is 2.08. The van der Waals surface area contributed by atoms with Gasteiger partial charge in [0, 0.05) is 6.61 Å². The summed E-state index contributed by atoms with van der Waals surface area (Å²) >= 11 is 0. The quantitative estimate of drug-likeness (QED) is 0.607. The second-order valence-corrected chi connectivity index (χ2v) is 2.08. The molecule has 0 bridgehead atoms. The largest absolute Gasteiger partial charge is 0.363 e. The molecule has 0 spiro atoms. The van der Waals surface area contributed by atoms with E-state index >= 15 is 0 Å². The lowest BCUT2D eigenvalue weighted by atomic mass is 10.3. The fraction of sp³-hybridized carbons (Fsp3) is 1.00. The first-order valence-corrected chi connectivity index (χ1v) is 3.28. The van der Waals surface area contributed by atoms with Crippen LogP contribution in [0.2, 0.25) is 0 Å². The molecule has 0 aromatic rings. The van der Waals surface area contributed by atoms with Crippen molar-refractivity contribution in [3.63, 3.8) is 0 Å². The topological polar surface area (TPSA) is 21.3 Å². The molecule has 1 aliphatic rings. The van der Waals surface area contributed by atoms with Crippen LogP contribution in [0.15, 0.2) is 0 Å². The van der Waals surface area contributed by atoms with Gasteiger partial charge in [0.1, 0.15) is 6.23 Å². The minimum Gasteiger partial charge on any atom is -0.363 e. The van der Waals surface area contributed by atoms with Crippen LogP contribution in [-0.4, -0.2) is 19.4 Å². The normalized spacial score (nSPS) is 27.0. The summed E-state index contributed by atoms with van der Waals surface area (Å²) in [7, 11) is 0. The molecule has 0 radical (unpaired) electrons. The molecule has 0 aliphatic carbocycles. The first kappa shape index (κ1) is 9.21. The minimum atomic E-state index is 0. The first-order chi connectivity index (χ1) is 3.93. The van der Waals surface area contributed by atoms with Crippen molar-refractivity contribution >= 4 is 12.4 Å². The molecule has 0 aromatic carbocycles. The fourth-order valence-electron chi connectivity index (χ4n) is 0.882. The van der Waals surface area contributed by atoms with Crippen molar-refractivity contribution in [2.24, 2.45) is 0 Å². The van der Waals surface area contributed by atoms with Crippen molar-refractivity contribution in [1.29, 1.82) is 0 Å². The molecule has 1 rings (SSSR count). The number of ether oxygens (including phenoxy) is 1. The molecule has 2 nitrogen and oxygen atoms in total. The average molecular weight is 152 g/mol. The van der Waals surface area contributed by atoms with Gasteiger partial charge < -0.3 is 4.74 Å². The summed E-state index contributed by atoms with van der Waals surface area (Å²) < 4.78 is 5.32. The Kier molecular flexibility index (Phi) is 5.15. The first-order valence-electron chi connectivity index (χ1n) is 3.28. The van der Waals surface area contributed by atoms with Crippen LogP contribution in [0.25, 0.3) is 0 Å². The molecule has 0 aromatic heterocycles. The lowest BCUT2D eigenvalue weighted by molar-refractivity contribution is -0.000606. The molecule has 3 heteroatoms. The third-order valence-corrected chi connectivity index (χ3v) is 1.38. The highest BCUT2D eigenvalue weighted by atomic mass is 35.5. The van der Waals surface area contributed by atoms with E-state index in [-0.39, 0.29) is 12.4 Å². The van der Waals surface area contributed by atoms with Gasteiger partial charge in [-0.25, -0.2) is 0 Å². The summed E-state index contributed by atoms with van der Waals surface area (Å²) in [6.07, 6.45) is 2.58. The summed E-state index contributed by atoms with van der Waals surface area (Å²) in [6.45, 7) is 4.19. The van der Waals surface area contributed by atoms with Crippen molar-refractivity contribution in [2.45, 2.75) is 26.0 Å². The Morgan fingerprint density at radius 1 is 1.67 bits per heavy atom. The molecule has 0 amide bonds. The summed E-state index contributed by atoms with van der Waals surface area (Å²) in [5.41, 5.74) is 0. The molecular formula is C6H14ClNO. The van der Waals surface area contributed by atoms with Gasteiger partial charge in [0.05, 0.1) is 0 Å². The van der Waals surface area contributed by atoms with E-state index in [1.165, 1.54) is 0 Å². The average Bonchev–Trinajstić information content (AvgIpc) is 1.90. The van der Waals surface area contributed by atoms with Gasteiger partial charge in [0.2, 0.25) is 0 Å². The van der Waals surface area contributed by atoms with Gasteiger partial charge in [0.15, 0.2) is 0 Å². The van der Waals surface area contributed by atoms with Crippen LogP contribution in [0.5, 0.6) is 0 Å². The molecule has 1 aliphatic heterocycles. The van der Waals surface area contributed by atoms with Gasteiger partial charge in [-0.15, -0.1) is 12.4 Å². The summed E-state index contributed by atoms with van der Waals surface area (Å²) in [4.78, 5) is 0. The van der Waals surface area contributed by atoms with Gasteiger partial charge in [-0.2, -0.15) is 0 Å². The van der Waals surface area contributed by atoms with Crippen LogP contribution >= 0.6 is 12.4 Å². The van der Waals surface area contributed by atoms with Crippen LogP contribution in [0.4, 0.5) is 0 Å². The second kappa shape index (κ2) is 5.03. The number of rotatable bonds is 1. The van der Waals surface area contributed by atoms with E-state index in [0.717, 1.165) is 26.0 Å². The smallest absolute Gasteiger partial charge is 0.107 e. The zero-order valence-electron chi connectivity index (χ0n) is 5.72. The van der Waals surface area contributed by atoms with Gasteiger partial charge in [-0.05, 0) is 19.4 Å². The van der Waals surface area contributed by atoms with Crippen molar-refractivity contribution in [3.05, 3.63) is 0 Å². The van der Waals surface area contributed by atoms with Gasteiger partial charge >= 0.3 is 0 Å². The lowest BCUT2D eigenvalue weighted by Crippen LogP contribution is -2.37. The van der Waals surface area contributed by atoms with Crippen LogP contribution < -0.4 is 5.32 Å². The zero-order chi connectivity index (χ0) is 5.82. The standard InChI is InChI=1S/C6H13NO.ClH/c1-2-6-7-4-3-5-8-6;/h6-7H,2-5H2,1H3;1H. The van der Waals surface area contributed by atoms with E-state index in [1.54, 1.807) is 0 Å². The van der Waals surface area contributed by atoms with Crippen LogP contribution in [0.1, 0.15) is 19.8 Å². The third kappa shape index (κ3) is 3.04. The van der Waals surface area contributed by atoms with E-state index < -0.39 is 0 Å². The van der Waals surface area contributed by atoms with E-state index in [4.69, 9.17) is 4.74 Å². The predicted molar refractivity (Wildman–Crippen MR) is 39.9 cm³/mol. The van der Waals surface area contributed by atoms with Gasteiger partial charge in [-0.1, -0.05) is 6.92 Å². The predicted octanol–water partition coefficient (Wildman–Crippen LogP) is 1.15. The summed E-state index contributed by atoms with van der Waals surface area (Å²) in [5, 5.41) is 3.25. The number of nitrogens with one attached hydrogen (secondary N) is 1. The molecular weight excluding hydrogens is 138 g/mol. The molecule has 1 fully saturated rings. The number of halogens is 1. The van der Waals surface area contributed by atoms with Crippen molar-refractivity contribution < 1.29 is 4.74 Å². The Morgan fingerprint density at radius 2 is 2.44 bits per heavy atom. The highest BCUT2D eigenvalue weighted by Crippen LogP contribution is 1.99. The molecule has 56 valence electrons. The van der Waals surface area contributed by atoms with E-state index in [0.29, 0.717) is 6.23 Å². The molecule has 0 saturated carbocycles. The maximum Gasteiger partial charge on any atom is 0.107 e.